The van der Waals surface area contributed by atoms with E-state index in [4.69, 9.17) is 10.5 Å². The molecule has 0 spiro atoms. The molecule has 8 atom stereocenters. The number of rotatable bonds is 32. The van der Waals surface area contributed by atoms with Crippen LogP contribution in [0.25, 0.3) is 11.2 Å². The van der Waals surface area contributed by atoms with Gasteiger partial charge in [0.15, 0.2) is 22.8 Å². The van der Waals surface area contributed by atoms with Crippen LogP contribution in [0.4, 0.5) is 5.82 Å². The summed E-state index contributed by atoms with van der Waals surface area (Å²) in [6, 6.07) is 0. The molecule has 0 aliphatic carbocycles. The molecular formula is C41H73N10O17P3S. The minimum atomic E-state index is -5.91. The lowest BCUT2D eigenvalue weighted by atomic mass is 9.87. The van der Waals surface area contributed by atoms with Crippen molar-refractivity contribution in [3.63, 3.8) is 0 Å². The second kappa shape index (κ2) is 33.9. The highest BCUT2D eigenvalue weighted by molar-refractivity contribution is 8.13. The van der Waals surface area contributed by atoms with Gasteiger partial charge in [-0.05, 0) is 44.9 Å². The van der Waals surface area contributed by atoms with Gasteiger partial charge >= 0.3 is 0 Å². The molecule has 1 aliphatic rings. The summed E-state index contributed by atoms with van der Waals surface area (Å²) in [6.45, 7) is 2.27. The van der Waals surface area contributed by atoms with Gasteiger partial charge in [-0.2, -0.15) is 0 Å². The first-order valence-corrected chi connectivity index (χ1v) is 27.2. The molecule has 3 rings (SSSR count). The average molecular weight is 1100 g/mol. The van der Waals surface area contributed by atoms with Crippen LogP contribution in [0, 0.1) is 5.41 Å². The topological polar surface area (TPSA) is 482 Å². The number of unbranched alkanes of at least 4 members (excludes halogenated alkanes) is 1. The van der Waals surface area contributed by atoms with Crippen LogP contribution in [0.1, 0.15) is 84.8 Å². The lowest BCUT2D eigenvalue weighted by Crippen LogP contribution is -2.46. The molecular weight excluding hydrogens is 1030 g/mol. The fourth-order valence-corrected chi connectivity index (χ4v) is 9.55. The molecule has 410 valence electrons. The highest BCUT2D eigenvalue weighted by Gasteiger charge is 2.48. The lowest BCUT2D eigenvalue weighted by molar-refractivity contribution is -0.247. The molecule has 1 aliphatic heterocycles. The van der Waals surface area contributed by atoms with Gasteiger partial charge in [-0.1, -0.05) is 93.3 Å². The summed E-state index contributed by atoms with van der Waals surface area (Å²) >= 11 is 1.10. The van der Waals surface area contributed by atoms with E-state index >= 15 is 0 Å². The van der Waals surface area contributed by atoms with E-state index in [0.717, 1.165) is 67.5 Å². The molecule has 0 radical (unpaired) electrons. The monoisotopic (exact) mass is 1100 g/mol. The van der Waals surface area contributed by atoms with Crippen LogP contribution in [-0.2, 0) is 50.7 Å². The van der Waals surface area contributed by atoms with Gasteiger partial charge < -0.3 is 82.9 Å². The molecule has 0 bridgehead atoms. The molecule has 2 aromatic rings. The van der Waals surface area contributed by atoms with Gasteiger partial charge in [-0.25, -0.2) is 19.3 Å². The predicted octanol–water partition coefficient (Wildman–Crippen LogP) is 3.82. The highest BCUT2D eigenvalue weighted by atomic mass is 32.2. The van der Waals surface area contributed by atoms with E-state index in [1.807, 2.05) is 6.08 Å². The van der Waals surface area contributed by atoms with Crippen molar-refractivity contribution in [2.24, 2.45) is 5.41 Å². The molecule has 2 amide bonds. The number of aliphatic hydroxyl groups excluding tert-OH is 2. The Hall–Kier alpha value is -3.86. The standard InChI is InChI=1S/C41H64N7O17P3S.3H3N/c1-4-5-6-7-8-9-10-11-12-13-14-15-16-17-18-19-20-21-32(50)69-25-24-43-31(49)22-23-44-39(53)36(52)41(2,3)27-62-68(59,60)65-67(57,58)61-26-30-35(64-66(54,55)56)34(51)40(63-30)48-29-47-33-37(42)45-28-46-38(33)48;;;/h5-6,8-9,11-12,14-15,17-18,28-30,34-36,40,51-52H,4,7,10,13,16,19-27H2,1-3H3,(H,43,49)(H,44,53)(H,57,58)(H,59,60)(H2,42,45,46)(H2,54,55,56);3*1H3/b6-5-,9-8-,12-11-,15-14-,18-17-;;;/t30-,34?,35+,36+,40-;;;/m1.../s1. The number of aliphatic hydroxyl groups is 2. The van der Waals surface area contributed by atoms with Crippen molar-refractivity contribution < 1.29 is 80.5 Å². The average Bonchev–Trinajstić information content (AvgIpc) is 3.84. The molecule has 27 nitrogen and oxygen atoms in total. The minimum Gasteiger partial charge on any atom is -0.756 e. The number of hydrogen-bond donors (Lipinski definition) is 9. The number of nitrogen functional groups attached to an aromatic ring is 1. The number of quaternary nitrogens is 3. The van der Waals surface area contributed by atoms with Crippen molar-refractivity contribution in [1.29, 1.82) is 0 Å². The van der Waals surface area contributed by atoms with E-state index in [1.165, 1.54) is 13.8 Å². The molecule has 0 saturated carbocycles. The lowest BCUT2D eigenvalue weighted by Gasteiger charge is -2.35. The summed E-state index contributed by atoms with van der Waals surface area (Å²) in [5.74, 6) is -1.18. The number of thioether (sulfide) groups is 1. The van der Waals surface area contributed by atoms with E-state index in [1.54, 1.807) is 0 Å². The first-order valence-electron chi connectivity index (χ1n) is 21.8. The maximum Gasteiger partial charge on any atom is 0.274 e. The van der Waals surface area contributed by atoms with Gasteiger partial charge in [0.25, 0.3) is 23.5 Å². The van der Waals surface area contributed by atoms with Gasteiger partial charge in [0, 0.05) is 37.1 Å². The zero-order valence-electron chi connectivity index (χ0n) is 41.4. The zero-order chi connectivity index (χ0) is 51.1. The second-order valence-corrected chi connectivity index (χ2v) is 21.1. The van der Waals surface area contributed by atoms with Crippen LogP contribution in [0.15, 0.2) is 73.4 Å². The van der Waals surface area contributed by atoms with Gasteiger partial charge in [-0.3, -0.25) is 32.6 Å². The van der Waals surface area contributed by atoms with Crippen molar-refractivity contribution in [1.82, 2.24) is 48.6 Å². The predicted molar refractivity (Wildman–Crippen MR) is 267 cm³/mol. The molecule has 0 aromatic carbocycles. The van der Waals surface area contributed by atoms with Crippen molar-refractivity contribution in [3.8, 4) is 0 Å². The maximum absolute atomic E-state index is 12.6. The van der Waals surface area contributed by atoms with Gasteiger partial charge in [0.2, 0.25) is 11.8 Å². The number of nitrogens with zero attached hydrogens (tertiary/aromatic N) is 4. The Labute approximate surface area is 422 Å². The van der Waals surface area contributed by atoms with Crippen molar-refractivity contribution in [3.05, 3.63) is 73.4 Å². The largest absolute Gasteiger partial charge is 0.756 e. The molecule has 1 fully saturated rings. The Morgan fingerprint density at radius 3 is 2.07 bits per heavy atom. The number of allylic oxidation sites excluding steroid dienone is 10. The molecule has 19 N–H and O–H groups in total. The Morgan fingerprint density at radius 2 is 1.47 bits per heavy atom. The van der Waals surface area contributed by atoms with Crippen molar-refractivity contribution in [2.45, 2.75) is 109 Å². The number of nitrogens with two attached hydrogens (primary N) is 1. The van der Waals surface area contributed by atoms with E-state index < -0.39 is 84.6 Å². The molecule has 72 heavy (non-hydrogen) atoms. The number of phosphoric ester groups is 3. The number of nitrogens with one attached hydrogen (secondary N) is 2. The third-order valence-electron chi connectivity index (χ3n) is 9.65. The molecule has 4 unspecified atom stereocenters. The van der Waals surface area contributed by atoms with Gasteiger partial charge in [0.05, 0.1) is 19.5 Å². The van der Waals surface area contributed by atoms with Crippen molar-refractivity contribution >= 4 is 69.1 Å². The normalized spacial score (nSPS) is 20.2. The number of carbonyl (C=O) groups is 3. The Morgan fingerprint density at radius 1 is 0.889 bits per heavy atom. The summed E-state index contributed by atoms with van der Waals surface area (Å²) in [6.07, 6.45) is 20.3. The van der Waals surface area contributed by atoms with Crippen LogP contribution in [0.5, 0.6) is 0 Å². The number of aromatic nitrogens is 4. The number of ether oxygens (including phenoxy) is 1. The Kier molecular flexibility index (Phi) is 32.0. The fraction of sp³-hybridized carbons (Fsp3) is 0.561. The van der Waals surface area contributed by atoms with Crippen LogP contribution in [0.3, 0.4) is 0 Å². The van der Waals surface area contributed by atoms with E-state index in [2.05, 4.69) is 105 Å². The van der Waals surface area contributed by atoms with E-state index in [0.29, 0.717) is 18.6 Å². The second-order valence-electron chi connectivity index (χ2n) is 15.8. The van der Waals surface area contributed by atoms with E-state index in [-0.39, 0.29) is 60.1 Å². The van der Waals surface area contributed by atoms with E-state index in [9.17, 15) is 57.9 Å². The smallest absolute Gasteiger partial charge is 0.274 e. The summed E-state index contributed by atoms with van der Waals surface area (Å²) in [5, 5.41) is 26.4. The molecule has 3 heterocycles. The minimum absolute atomic E-state index is 0. The highest BCUT2D eigenvalue weighted by Crippen LogP contribution is 2.56. The number of amides is 2. The number of phosphoric acid groups is 3. The third-order valence-corrected chi connectivity index (χ3v) is 13.6. The van der Waals surface area contributed by atoms with Crippen LogP contribution in [-0.4, -0.2) is 108 Å². The molecule has 1 saturated heterocycles. The molecule has 31 heteroatoms. The summed E-state index contributed by atoms with van der Waals surface area (Å²) in [4.78, 5) is 94.8. The summed E-state index contributed by atoms with van der Waals surface area (Å²) < 4.78 is 61.1. The zero-order valence-corrected chi connectivity index (χ0v) is 44.9. The third kappa shape index (κ3) is 25.4. The SMILES string of the molecule is CC/C=C\C/C=C\C/C=C\C/C=C\C/C=C\CCCC(=O)SCCNC(=O)CCNC(=O)[C@H](O)C(C)(C)COP(=O)([O-])OP(=O)([O-])OC[C@H]1O[C@@H](n2cnc3c(N)ncnc32)C(O)[C@H]1OP(=O)([O-])O.[NH4+].[NH4+].[NH4+]. The first-order chi connectivity index (χ1) is 32.6. The van der Waals surface area contributed by atoms with Crippen molar-refractivity contribution in [2.75, 3.05) is 37.8 Å². The van der Waals surface area contributed by atoms with Crippen LogP contribution in [0.2, 0.25) is 0 Å². The first kappa shape index (κ1) is 68.1. The quantitative estimate of drug-likeness (QED) is 0.0285. The number of fused-ring (bicyclic) bond motifs is 1. The molecule has 2 aromatic heterocycles. The van der Waals surface area contributed by atoms with Crippen LogP contribution < -0.4 is 49.5 Å². The summed E-state index contributed by atoms with van der Waals surface area (Å²) in [7, 11) is -17.4. The summed E-state index contributed by atoms with van der Waals surface area (Å²) in [5.41, 5.74) is 4.12. The number of carbonyl (C=O) groups excluding carboxylic acids is 3. The number of anilines is 1. The Bertz CT molecular complexity index is 2280. The number of imidazole rings is 1. The fourth-order valence-electron chi connectivity index (χ4n) is 6.08. The van der Waals surface area contributed by atoms with Crippen LogP contribution >= 0.6 is 35.2 Å². The number of hydrogen-bond acceptors (Lipinski definition) is 21. The maximum atomic E-state index is 12.6. The van der Waals surface area contributed by atoms with Gasteiger partial charge in [0.1, 0.15) is 36.3 Å². The van der Waals surface area contributed by atoms with Gasteiger partial charge in [-0.15, -0.1) is 0 Å². The Balaban J connectivity index is 0.0000168.